The summed E-state index contributed by atoms with van der Waals surface area (Å²) in [5.74, 6) is -0.517. The highest BCUT2D eigenvalue weighted by molar-refractivity contribution is 5.27. The number of benzene rings is 1. The predicted octanol–water partition coefficient (Wildman–Crippen LogP) is 4.89. The fraction of sp³-hybridized carbons (Fsp3) is 0.429. The Hall–Kier alpha value is -1.18. The van der Waals surface area contributed by atoms with Crippen LogP contribution in [0.1, 0.15) is 44.2 Å². The zero-order valence-electron chi connectivity index (χ0n) is 10.3. The Morgan fingerprint density at radius 3 is 2.44 bits per heavy atom. The Morgan fingerprint density at radius 2 is 1.94 bits per heavy atom. The summed E-state index contributed by atoms with van der Waals surface area (Å²) in [6.07, 6.45) is 0.266. The second kappa shape index (κ2) is 5.24. The molecule has 1 rings (SSSR count). The Kier molecular flexibility index (Phi) is 4.22. The summed E-state index contributed by atoms with van der Waals surface area (Å²) in [6, 6.07) is 5.09. The highest BCUT2D eigenvalue weighted by Gasteiger charge is 2.13. The van der Waals surface area contributed by atoms with E-state index in [0.717, 1.165) is 5.56 Å². The highest BCUT2D eigenvalue weighted by atomic mass is 19.1. The summed E-state index contributed by atoms with van der Waals surface area (Å²) >= 11 is 0. The normalized spacial score (nSPS) is 12.4. The van der Waals surface area contributed by atoms with E-state index in [-0.39, 0.29) is 24.0 Å². The van der Waals surface area contributed by atoms with Crippen LogP contribution in [0.15, 0.2) is 29.6 Å². The quantitative estimate of drug-likeness (QED) is 0.685. The van der Waals surface area contributed by atoms with Gasteiger partial charge in [-0.3, -0.25) is 0 Å². The van der Waals surface area contributed by atoms with Crippen molar-refractivity contribution in [3.05, 3.63) is 46.5 Å². The van der Waals surface area contributed by atoms with E-state index in [2.05, 4.69) is 0 Å². The molecule has 1 aromatic carbocycles. The first-order valence-corrected chi connectivity index (χ1v) is 5.49. The molecule has 0 N–H and O–H groups in total. The zero-order chi connectivity index (χ0) is 12.3. The van der Waals surface area contributed by atoms with Crippen molar-refractivity contribution in [1.82, 2.24) is 0 Å². The Bertz CT molecular complexity index is 401. The van der Waals surface area contributed by atoms with Crippen LogP contribution < -0.4 is 0 Å². The first-order chi connectivity index (χ1) is 7.41. The molecule has 0 fully saturated rings. The number of hydrogen-bond acceptors (Lipinski definition) is 0. The SMILES string of the molecule is CC(C)=C(F)CC(C)c1ccc(C)cc1F. The van der Waals surface area contributed by atoms with Crippen LogP contribution in [0.2, 0.25) is 0 Å². The van der Waals surface area contributed by atoms with Crippen LogP contribution >= 0.6 is 0 Å². The van der Waals surface area contributed by atoms with E-state index in [9.17, 15) is 8.78 Å². The fourth-order valence-electron chi connectivity index (χ4n) is 1.61. The molecule has 1 aromatic rings. The third-order valence-corrected chi connectivity index (χ3v) is 2.71. The topological polar surface area (TPSA) is 0 Å². The van der Waals surface area contributed by atoms with Crippen molar-refractivity contribution in [2.75, 3.05) is 0 Å². The summed E-state index contributed by atoms with van der Waals surface area (Å²) in [6.45, 7) is 7.14. The fourth-order valence-corrected chi connectivity index (χ4v) is 1.61. The molecule has 0 aliphatic heterocycles. The van der Waals surface area contributed by atoms with Crippen molar-refractivity contribution in [2.24, 2.45) is 0 Å². The number of allylic oxidation sites excluding steroid dienone is 2. The molecular weight excluding hydrogens is 206 g/mol. The molecule has 88 valence electrons. The van der Waals surface area contributed by atoms with Crippen LogP contribution in [0, 0.1) is 12.7 Å². The summed E-state index contributed by atoms with van der Waals surface area (Å²) in [7, 11) is 0. The molecule has 0 heterocycles. The lowest BCUT2D eigenvalue weighted by Gasteiger charge is -2.12. The lowest BCUT2D eigenvalue weighted by atomic mass is 9.95. The second-order valence-electron chi connectivity index (χ2n) is 4.54. The Balaban J connectivity index is 2.89. The predicted molar refractivity (Wildman–Crippen MR) is 63.7 cm³/mol. The van der Waals surface area contributed by atoms with E-state index < -0.39 is 0 Å². The van der Waals surface area contributed by atoms with Gasteiger partial charge in [0.2, 0.25) is 0 Å². The van der Waals surface area contributed by atoms with Crippen LogP contribution in [-0.2, 0) is 0 Å². The third kappa shape index (κ3) is 3.16. The van der Waals surface area contributed by atoms with Gasteiger partial charge in [-0.15, -0.1) is 0 Å². The molecule has 0 bridgehead atoms. The molecule has 0 spiro atoms. The molecule has 0 aliphatic rings. The molecule has 2 heteroatoms. The van der Waals surface area contributed by atoms with Gasteiger partial charge in [0.05, 0.1) is 5.83 Å². The number of aryl methyl sites for hydroxylation is 1. The number of rotatable bonds is 3. The van der Waals surface area contributed by atoms with Gasteiger partial charge in [0.25, 0.3) is 0 Å². The van der Waals surface area contributed by atoms with Crippen LogP contribution in [0.3, 0.4) is 0 Å². The molecular formula is C14H18F2. The van der Waals surface area contributed by atoms with Crippen LogP contribution in [0.25, 0.3) is 0 Å². The monoisotopic (exact) mass is 224 g/mol. The van der Waals surface area contributed by atoms with Crippen molar-refractivity contribution >= 4 is 0 Å². The zero-order valence-corrected chi connectivity index (χ0v) is 10.3. The van der Waals surface area contributed by atoms with Gasteiger partial charge in [-0.1, -0.05) is 19.1 Å². The largest absolute Gasteiger partial charge is 0.212 e. The summed E-state index contributed by atoms with van der Waals surface area (Å²) in [5, 5.41) is 0. The minimum absolute atomic E-state index is 0.129. The van der Waals surface area contributed by atoms with Crippen molar-refractivity contribution in [3.8, 4) is 0 Å². The highest BCUT2D eigenvalue weighted by Crippen LogP contribution is 2.27. The van der Waals surface area contributed by atoms with Crippen LogP contribution in [-0.4, -0.2) is 0 Å². The van der Waals surface area contributed by atoms with E-state index in [1.165, 1.54) is 6.07 Å². The molecule has 1 atom stereocenters. The molecule has 0 saturated carbocycles. The first kappa shape index (κ1) is 12.9. The van der Waals surface area contributed by atoms with Crippen molar-refractivity contribution in [1.29, 1.82) is 0 Å². The van der Waals surface area contributed by atoms with Crippen molar-refractivity contribution in [3.63, 3.8) is 0 Å². The number of halogens is 2. The van der Waals surface area contributed by atoms with Gasteiger partial charge >= 0.3 is 0 Å². The minimum Gasteiger partial charge on any atom is -0.212 e. The van der Waals surface area contributed by atoms with Gasteiger partial charge in [-0.05, 0) is 49.5 Å². The third-order valence-electron chi connectivity index (χ3n) is 2.71. The van der Waals surface area contributed by atoms with E-state index in [1.54, 1.807) is 19.9 Å². The number of hydrogen-bond donors (Lipinski definition) is 0. The lowest BCUT2D eigenvalue weighted by molar-refractivity contribution is 0.526. The molecule has 0 radical (unpaired) electrons. The van der Waals surface area contributed by atoms with Crippen molar-refractivity contribution in [2.45, 2.75) is 40.0 Å². The molecule has 0 nitrogen and oxygen atoms in total. The van der Waals surface area contributed by atoms with Gasteiger partial charge in [0.15, 0.2) is 0 Å². The first-order valence-electron chi connectivity index (χ1n) is 5.49. The lowest BCUT2D eigenvalue weighted by Crippen LogP contribution is -1.99. The average molecular weight is 224 g/mol. The molecule has 0 aromatic heterocycles. The minimum atomic E-state index is -0.242. The maximum atomic E-state index is 13.6. The average Bonchev–Trinajstić information content (AvgIpc) is 2.16. The maximum Gasteiger partial charge on any atom is 0.126 e. The van der Waals surface area contributed by atoms with Crippen molar-refractivity contribution < 1.29 is 8.78 Å². The molecule has 0 aliphatic carbocycles. The maximum absolute atomic E-state index is 13.6. The van der Waals surface area contributed by atoms with Crippen LogP contribution in [0.5, 0.6) is 0 Å². The van der Waals surface area contributed by atoms with Gasteiger partial charge < -0.3 is 0 Å². The molecule has 16 heavy (non-hydrogen) atoms. The van der Waals surface area contributed by atoms with Gasteiger partial charge in [-0.2, -0.15) is 0 Å². The van der Waals surface area contributed by atoms with Gasteiger partial charge in [0.1, 0.15) is 5.82 Å². The summed E-state index contributed by atoms with van der Waals surface area (Å²) in [4.78, 5) is 0. The second-order valence-corrected chi connectivity index (χ2v) is 4.54. The van der Waals surface area contributed by atoms with Gasteiger partial charge in [0, 0.05) is 6.42 Å². The molecule has 1 unspecified atom stereocenters. The Labute approximate surface area is 96.0 Å². The summed E-state index contributed by atoms with van der Waals surface area (Å²) < 4.78 is 27.0. The smallest absolute Gasteiger partial charge is 0.126 e. The van der Waals surface area contributed by atoms with Gasteiger partial charge in [-0.25, -0.2) is 8.78 Å². The van der Waals surface area contributed by atoms with E-state index >= 15 is 0 Å². The van der Waals surface area contributed by atoms with Crippen LogP contribution in [0.4, 0.5) is 8.78 Å². The van der Waals surface area contributed by atoms with E-state index in [1.807, 2.05) is 19.9 Å². The summed E-state index contributed by atoms with van der Waals surface area (Å²) in [5.41, 5.74) is 2.14. The Morgan fingerprint density at radius 1 is 1.31 bits per heavy atom. The van der Waals surface area contributed by atoms with E-state index in [4.69, 9.17) is 0 Å². The molecule has 0 amide bonds. The standard InChI is InChI=1S/C14H18F2/c1-9(2)13(15)8-11(4)12-6-5-10(3)7-14(12)16/h5-7,11H,8H2,1-4H3. The van der Waals surface area contributed by atoms with E-state index in [0.29, 0.717) is 11.1 Å². The molecule has 0 saturated heterocycles.